The number of fused-ring (bicyclic) bond motifs is 1. The first kappa shape index (κ1) is 8.85. The Labute approximate surface area is 88.3 Å². The number of hydrogen-bond donors (Lipinski definition) is 1. The lowest BCUT2D eigenvalue weighted by atomic mass is 10.1. The van der Waals surface area contributed by atoms with Crippen LogP contribution in [0.15, 0.2) is 18.3 Å². The van der Waals surface area contributed by atoms with Crippen LogP contribution in [0.25, 0.3) is 5.65 Å². The molecule has 0 radical (unpaired) electrons. The summed E-state index contributed by atoms with van der Waals surface area (Å²) < 4.78 is 2.10. The molecule has 0 bridgehead atoms. The van der Waals surface area contributed by atoms with Crippen molar-refractivity contribution in [1.82, 2.24) is 19.9 Å². The Morgan fingerprint density at radius 2 is 2.40 bits per heavy atom. The number of aromatic nitrogens is 3. The molecule has 0 aliphatic carbocycles. The highest BCUT2D eigenvalue weighted by molar-refractivity contribution is 5.41. The first-order valence-corrected chi connectivity index (χ1v) is 5.36. The van der Waals surface area contributed by atoms with E-state index < -0.39 is 0 Å². The summed E-state index contributed by atoms with van der Waals surface area (Å²) in [6.45, 7) is 4.19. The van der Waals surface area contributed by atoms with Gasteiger partial charge in [-0.3, -0.25) is 4.40 Å². The molecular formula is C11H14N4. The van der Waals surface area contributed by atoms with E-state index in [1.165, 1.54) is 5.56 Å². The van der Waals surface area contributed by atoms with Gasteiger partial charge in [-0.1, -0.05) is 0 Å². The van der Waals surface area contributed by atoms with Gasteiger partial charge in [0.25, 0.3) is 0 Å². The fourth-order valence-electron chi connectivity index (χ4n) is 2.16. The second-order valence-electron chi connectivity index (χ2n) is 4.18. The van der Waals surface area contributed by atoms with E-state index in [0.29, 0.717) is 5.92 Å². The van der Waals surface area contributed by atoms with Crippen LogP contribution in [-0.4, -0.2) is 27.7 Å². The quantitative estimate of drug-likeness (QED) is 0.753. The number of hydrogen-bond acceptors (Lipinski definition) is 3. The van der Waals surface area contributed by atoms with E-state index >= 15 is 0 Å². The van der Waals surface area contributed by atoms with Gasteiger partial charge in [0.1, 0.15) is 5.82 Å². The summed E-state index contributed by atoms with van der Waals surface area (Å²) >= 11 is 0. The van der Waals surface area contributed by atoms with Crippen LogP contribution < -0.4 is 5.32 Å². The third-order valence-corrected chi connectivity index (χ3v) is 3.02. The van der Waals surface area contributed by atoms with Crippen molar-refractivity contribution in [3.63, 3.8) is 0 Å². The molecule has 3 rings (SSSR count). The zero-order chi connectivity index (χ0) is 10.3. The van der Waals surface area contributed by atoms with E-state index in [0.717, 1.165) is 31.0 Å². The van der Waals surface area contributed by atoms with Gasteiger partial charge >= 0.3 is 0 Å². The van der Waals surface area contributed by atoms with Crippen LogP contribution in [0.3, 0.4) is 0 Å². The molecule has 0 saturated carbocycles. The number of aryl methyl sites for hydroxylation is 1. The summed E-state index contributed by atoms with van der Waals surface area (Å²) in [6.07, 6.45) is 3.23. The van der Waals surface area contributed by atoms with Crippen LogP contribution in [0.2, 0.25) is 0 Å². The third-order valence-electron chi connectivity index (χ3n) is 3.02. The number of nitrogens with zero attached hydrogens (tertiary/aromatic N) is 3. The van der Waals surface area contributed by atoms with E-state index in [1.54, 1.807) is 0 Å². The molecule has 1 N–H and O–H groups in total. The van der Waals surface area contributed by atoms with Crippen LogP contribution in [0.4, 0.5) is 0 Å². The molecule has 1 fully saturated rings. The van der Waals surface area contributed by atoms with Crippen molar-refractivity contribution in [2.45, 2.75) is 19.3 Å². The standard InChI is InChI=1S/C11H14N4/c1-8-3-5-15-10(6-8)13-14-11(15)9-2-4-12-7-9/h3,5-6,9,12H,2,4,7H2,1H3. The van der Waals surface area contributed by atoms with Crippen molar-refractivity contribution in [3.8, 4) is 0 Å². The molecule has 0 spiro atoms. The van der Waals surface area contributed by atoms with Gasteiger partial charge in [-0.05, 0) is 37.6 Å². The molecule has 0 aromatic carbocycles. The van der Waals surface area contributed by atoms with Crippen molar-refractivity contribution < 1.29 is 0 Å². The summed E-state index contributed by atoms with van der Waals surface area (Å²) in [6, 6.07) is 4.17. The maximum Gasteiger partial charge on any atom is 0.161 e. The van der Waals surface area contributed by atoms with Crippen LogP contribution in [0.1, 0.15) is 23.7 Å². The lowest BCUT2D eigenvalue weighted by molar-refractivity contribution is 0.691. The van der Waals surface area contributed by atoms with Gasteiger partial charge in [0.05, 0.1) is 0 Å². The maximum atomic E-state index is 4.29. The third kappa shape index (κ3) is 1.41. The molecule has 15 heavy (non-hydrogen) atoms. The van der Waals surface area contributed by atoms with Crippen LogP contribution >= 0.6 is 0 Å². The number of rotatable bonds is 1. The van der Waals surface area contributed by atoms with Crippen LogP contribution in [-0.2, 0) is 0 Å². The molecule has 1 saturated heterocycles. The van der Waals surface area contributed by atoms with Gasteiger partial charge in [0, 0.05) is 18.7 Å². The zero-order valence-electron chi connectivity index (χ0n) is 8.77. The van der Waals surface area contributed by atoms with Gasteiger partial charge in [0.2, 0.25) is 0 Å². The Morgan fingerprint density at radius 1 is 1.47 bits per heavy atom. The summed E-state index contributed by atoms with van der Waals surface area (Å²) in [5.41, 5.74) is 2.18. The van der Waals surface area contributed by atoms with E-state index in [4.69, 9.17) is 0 Å². The van der Waals surface area contributed by atoms with E-state index in [-0.39, 0.29) is 0 Å². The predicted molar refractivity (Wildman–Crippen MR) is 58.0 cm³/mol. The molecule has 1 unspecified atom stereocenters. The van der Waals surface area contributed by atoms with Crippen LogP contribution in [0, 0.1) is 6.92 Å². The molecule has 3 heterocycles. The van der Waals surface area contributed by atoms with Crippen molar-refractivity contribution in [2.75, 3.05) is 13.1 Å². The molecule has 1 aliphatic heterocycles. The fourth-order valence-corrected chi connectivity index (χ4v) is 2.16. The molecule has 4 nitrogen and oxygen atoms in total. The summed E-state index contributed by atoms with van der Waals surface area (Å²) in [5.74, 6) is 1.61. The average Bonchev–Trinajstić information content (AvgIpc) is 2.82. The van der Waals surface area contributed by atoms with E-state index in [2.05, 4.69) is 45.2 Å². The maximum absolute atomic E-state index is 4.29. The monoisotopic (exact) mass is 202 g/mol. The normalized spacial score (nSPS) is 21.3. The molecule has 0 amide bonds. The summed E-state index contributed by atoms with van der Waals surface area (Å²) in [5, 5.41) is 11.9. The van der Waals surface area contributed by atoms with Gasteiger partial charge in [-0.15, -0.1) is 10.2 Å². The largest absolute Gasteiger partial charge is 0.316 e. The highest BCUT2D eigenvalue weighted by atomic mass is 15.2. The molecule has 2 aromatic heterocycles. The highest BCUT2D eigenvalue weighted by Gasteiger charge is 2.21. The Kier molecular flexibility index (Phi) is 1.95. The van der Waals surface area contributed by atoms with Crippen molar-refractivity contribution in [3.05, 3.63) is 29.7 Å². The Hall–Kier alpha value is -1.42. The molecule has 1 aliphatic rings. The van der Waals surface area contributed by atoms with E-state index in [1.807, 2.05) is 0 Å². The Bertz CT molecular complexity index is 482. The lowest BCUT2D eigenvalue weighted by Gasteiger charge is -2.05. The SMILES string of the molecule is Cc1ccn2c(C3CCNC3)nnc2c1. The van der Waals surface area contributed by atoms with Crippen molar-refractivity contribution in [1.29, 1.82) is 0 Å². The Morgan fingerprint density at radius 3 is 3.20 bits per heavy atom. The first-order chi connectivity index (χ1) is 7.34. The Balaban J connectivity index is 2.11. The lowest BCUT2D eigenvalue weighted by Crippen LogP contribution is -2.10. The molecule has 2 aromatic rings. The summed E-state index contributed by atoms with van der Waals surface area (Å²) in [4.78, 5) is 0. The van der Waals surface area contributed by atoms with Crippen molar-refractivity contribution in [2.24, 2.45) is 0 Å². The zero-order valence-corrected chi connectivity index (χ0v) is 8.77. The fraction of sp³-hybridized carbons (Fsp3) is 0.455. The first-order valence-electron chi connectivity index (χ1n) is 5.36. The minimum atomic E-state index is 0.516. The predicted octanol–water partition coefficient (Wildman–Crippen LogP) is 1.11. The molecule has 4 heteroatoms. The van der Waals surface area contributed by atoms with Crippen molar-refractivity contribution >= 4 is 5.65 Å². The number of pyridine rings is 1. The molecule has 78 valence electrons. The van der Waals surface area contributed by atoms with Gasteiger partial charge in [-0.25, -0.2) is 0 Å². The minimum absolute atomic E-state index is 0.516. The van der Waals surface area contributed by atoms with Gasteiger partial charge < -0.3 is 5.32 Å². The highest BCUT2D eigenvalue weighted by Crippen LogP contribution is 2.21. The van der Waals surface area contributed by atoms with Gasteiger partial charge in [0.15, 0.2) is 5.65 Å². The molecular weight excluding hydrogens is 188 g/mol. The second-order valence-corrected chi connectivity index (χ2v) is 4.18. The summed E-state index contributed by atoms with van der Waals surface area (Å²) in [7, 11) is 0. The van der Waals surface area contributed by atoms with Gasteiger partial charge in [-0.2, -0.15) is 0 Å². The topological polar surface area (TPSA) is 42.2 Å². The number of nitrogens with one attached hydrogen (secondary N) is 1. The van der Waals surface area contributed by atoms with Crippen LogP contribution in [0.5, 0.6) is 0 Å². The average molecular weight is 202 g/mol. The molecule has 1 atom stereocenters. The second kappa shape index (κ2) is 3.31. The van der Waals surface area contributed by atoms with E-state index in [9.17, 15) is 0 Å². The minimum Gasteiger partial charge on any atom is -0.316 e. The smallest absolute Gasteiger partial charge is 0.161 e.